The van der Waals surface area contributed by atoms with Crippen LogP contribution in [0.15, 0.2) is 24.3 Å². The number of nitrogens with zero attached hydrogens (tertiary/aromatic N) is 1. The maximum atomic E-state index is 12.8. The van der Waals surface area contributed by atoms with E-state index in [-0.39, 0.29) is 17.2 Å². The average Bonchev–Trinajstić information content (AvgIpc) is 2.52. The molecule has 1 aromatic carbocycles. The minimum Gasteiger partial charge on any atom is -0.512 e. The van der Waals surface area contributed by atoms with Gasteiger partial charge in [0.2, 0.25) is 0 Å². The quantitative estimate of drug-likeness (QED) is 0.586. The summed E-state index contributed by atoms with van der Waals surface area (Å²) in [5, 5.41) is 0. The molecule has 1 spiro atoms. The van der Waals surface area contributed by atoms with Gasteiger partial charge in [-0.3, -0.25) is 14.5 Å². The Bertz CT molecular complexity index is 693. The summed E-state index contributed by atoms with van der Waals surface area (Å²) in [5.74, 6) is 0.178. The monoisotopic (exact) mass is 327 g/mol. The molecule has 1 saturated heterocycles. The molecule has 2 aliphatic carbocycles. The van der Waals surface area contributed by atoms with Crippen LogP contribution in [-0.4, -0.2) is 49.0 Å². The van der Waals surface area contributed by atoms with Gasteiger partial charge in [0.1, 0.15) is 5.60 Å². The van der Waals surface area contributed by atoms with Gasteiger partial charge in [-0.25, -0.2) is 0 Å². The first-order valence-electron chi connectivity index (χ1n) is 8.53. The van der Waals surface area contributed by atoms with E-state index < -0.39 is 12.7 Å². The number of Topliss-reactive ketones (excluding diaryl/α,β-unsaturated/α-hetero) is 1. The van der Waals surface area contributed by atoms with Crippen LogP contribution in [0.4, 0.5) is 0 Å². The van der Waals surface area contributed by atoms with Crippen molar-refractivity contribution in [3.8, 4) is 0 Å². The number of likely N-dealkylation sites (tertiary alicyclic amines) is 1. The maximum absolute atomic E-state index is 12.8. The molecule has 0 amide bonds. The third-order valence-corrected chi connectivity index (χ3v) is 6.31. The van der Waals surface area contributed by atoms with Crippen LogP contribution in [0.2, 0.25) is 0 Å². The van der Waals surface area contributed by atoms with Gasteiger partial charge in [0.05, 0.1) is 11.5 Å². The Balaban J connectivity index is 1.50. The Hall–Kier alpha value is -1.66. The molecule has 126 valence electrons. The van der Waals surface area contributed by atoms with Crippen LogP contribution in [-0.2, 0) is 25.2 Å². The van der Waals surface area contributed by atoms with Crippen molar-refractivity contribution in [1.29, 1.82) is 0 Å². The molecular formula is C18H22BNO4. The van der Waals surface area contributed by atoms with Gasteiger partial charge in [-0.15, -0.1) is 0 Å². The van der Waals surface area contributed by atoms with Crippen LogP contribution in [0.1, 0.15) is 30.9 Å². The van der Waals surface area contributed by atoms with Crippen LogP contribution in [0, 0.1) is 12.3 Å². The van der Waals surface area contributed by atoms with E-state index >= 15 is 0 Å². The maximum Gasteiger partial charge on any atom is 0.532 e. The number of rotatable bonds is 6. The molecule has 0 aromatic heterocycles. The predicted molar refractivity (Wildman–Crippen MR) is 89.3 cm³/mol. The van der Waals surface area contributed by atoms with Crippen molar-refractivity contribution in [3.05, 3.63) is 35.4 Å². The molecule has 1 heterocycles. The highest BCUT2D eigenvalue weighted by molar-refractivity contribution is 6.46. The van der Waals surface area contributed by atoms with Crippen LogP contribution < -0.4 is 0 Å². The van der Waals surface area contributed by atoms with Gasteiger partial charge in [-0.1, -0.05) is 29.8 Å². The van der Waals surface area contributed by atoms with Gasteiger partial charge in [0, 0.05) is 12.4 Å². The third kappa shape index (κ3) is 1.84. The van der Waals surface area contributed by atoms with E-state index in [0.717, 1.165) is 18.4 Å². The third-order valence-electron chi connectivity index (χ3n) is 6.31. The summed E-state index contributed by atoms with van der Waals surface area (Å²) in [4.78, 5) is 25.9. The number of carbonyl (C=O) groups excluding carboxylic acids is 2. The molecule has 5 nitrogen and oxygen atoms in total. The van der Waals surface area contributed by atoms with Crippen LogP contribution >= 0.6 is 0 Å². The van der Waals surface area contributed by atoms with Gasteiger partial charge in [-0.05, 0) is 39.3 Å². The summed E-state index contributed by atoms with van der Waals surface area (Å²) in [5.41, 5.74) is 1.12. The second kappa shape index (κ2) is 5.17. The highest BCUT2D eigenvalue weighted by atomic mass is 16.6. The minimum absolute atomic E-state index is 0.104. The van der Waals surface area contributed by atoms with Crippen molar-refractivity contribution in [3.63, 3.8) is 0 Å². The predicted octanol–water partition coefficient (Wildman–Crippen LogP) is 1.56. The molecule has 0 N–H and O–H groups in total. The van der Waals surface area contributed by atoms with Crippen molar-refractivity contribution in [2.24, 2.45) is 5.41 Å². The van der Waals surface area contributed by atoms with Gasteiger partial charge in [0.25, 0.3) is 6.47 Å². The average molecular weight is 327 g/mol. The zero-order valence-corrected chi connectivity index (χ0v) is 14.3. The molecule has 0 radical (unpaired) electrons. The molecule has 2 saturated carbocycles. The van der Waals surface area contributed by atoms with E-state index in [1.807, 2.05) is 38.1 Å². The van der Waals surface area contributed by atoms with Crippen LogP contribution in [0.5, 0.6) is 0 Å². The Morgan fingerprint density at radius 2 is 2.08 bits per heavy atom. The number of likely N-dealkylation sites (N-methyl/N-ethyl adjacent to an activating group) is 1. The number of hydrogen-bond acceptors (Lipinski definition) is 5. The molecule has 4 rings (SSSR count). The fourth-order valence-corrected chi connectivity index (χ4v) is 5.20. The topological polar surface area (TPSA) is 55.8 Å². The second-order valence-electron chi connectivity index (χ2n) is 7.57. The summed E-state index contributed by atoms with van der Waals surface area (Å²) in [6.45, 7) is 4.26. The zero-order chi connectivity index (χ0) is 17.1. The van der Waals surface area contributed by atoms with Crippen molar-refractivity contribution in [2.75, 3.05) is 7.05 Å². The van der Waals surface area contributed by atoms with Gasteiger partial charge in [-0.2, -0.15) is 0 Å². The summed E-state index contributed by atoms with van der Waals surface area (Å²) in [6.07, 6.45) is 2.49. The smallest absolute Gasteiger partial charge is 0.512 e. The van der Waals surface area contributed by atoms with Gasteiger partial charge >= 0.3 is 7.12 Å². The summed E-state index contributed by atoms with van der Waals surface area (Å²) < 4.78 is 11.2. The van der Waals surface area contributed by atoms with Crippen LogP contribution in [0.3, 0.4) is 0 Å². The Kier molecular flexibility index (Phi) is 3.41. The molecule has 1 aromatic rings. The lowest BCUT2D eigenvalue weighted by Crippen LogP contribution is -2.95. The molecule has 24 heavy (non-hydrogen) atoms. The normalized spacial score (nSPS) is 36.5. The fraction of sp³-hybridized carbons (Fsp3) is 0.556. The Labute approximate surface area is 142 Å². The highest BCUT2D eigenvalue weighted by Gasteiger charge is 2.84. The number of aryl methyl sites for hydroxylation is 1. The first-order valence-corrected chi connectivity index (χ1v) is 8.53. The summed E-state index contributed by atoms with van der Waals surface area (Å²) in [7, 11) is 1.31. The number of hydrogen-bond donors (Lipinski definition) is 0. The fourth-order valence-electron chi connectivity index (χ4n) is 5.20. The molecule has 4 unspecified atom stereocenters. The van der Waals surface area contributed by atoms with E-state index in [1.165, 1.54) is 5.56 Å². The Morgan fingerprint density at radius 3 is 2.67 bits per heavy atom. The summed E-state index contributed by atoms with van der Waals surface area (Å²) in [6, 6.07) is 8.49. The summed E-state index contributed by atoms with van der Waals surface area (Å²) >= 11 is 0. The highest BCUT2D eigenvalue weighted by Crippen LogP contribution is 2.69. The molecule has 1 aliphatic heterocycles. The standard InChI is InChI=1S/C18H22BNO4/c1-12-4-6-13(7-5-12)10-19(23-11-21)24-17(2)15-18(16(17)22)9-8-14(18)20(15)3/h4-7,11,14-15H,8-10H2,1-3H3. The first kappa shape index (κ1) is 15.8. The minimum atomic E-state index is -0.885. The van der Waals surface area contributed by atoms with Crippen molar-refractivity contribution >= 4 is 19.4 Å². The molecule has 3 aliphatic rings. The number of benzene rings is 1. The van der Waals surface area contributed by atoms with E-state index in [2.05, 4.69) is 11.9 Å². The number of ketones is 1. The van der Waals surface area contributed by atoms with E-state index in [1.54, 1.807) is 0 Å². The lowest BCUT2D eigenvalue weighted by atomic mass is 9.36. The first-order chi connectivity index (χ1) is 11.4. The van der Waals surface area contributed by atoms with Gasteiger partial charge in [0.15, 0.2) is 5.78 Å². The van der Waals surface area contributed by atoms with E-state index in [0.29, 0.717) is 18.8 Å². The second-order valence-corrected chi connectivity index (χ2v) is 7.57. The largest absolute Gasteiger partial charge is 0.532 e. The van der Waals surface area contributed by atoms with Crippen molar-refractivity contribution in [1.82, 2.24) is 4.90 Å². The number of piperidine rings is 2. The molecule has 3 fully saturated rings. The zero-order valence-electron chi connectivity index (χ0n) is 14.3. The lowest BCUT2D eigenvalue weighted by molar-refractivity contribution is -0.289. The van der Waals surface area contributed by atoms with E-state index in [4.69, 9.17) is 9.31 Å². The molecular weight excluding hydrogens is 305 g/mol. The van der Waals surface area contributed by atoms with E-state index in [9.17, 15) is 9.59 Å². The Morgan fingerprint density at radius 1 is 1.38 bits per heavy atom. The number of carbonyl (C=O) groups is 2. The molecule has 6 heteroatoms. The van der Waals surface area contributed by atoms with Gasteiger partial charge < -0.3 is 9.31 Å². The van der Waals surface area contributed by atoms with Crippen molar-refractivity contribution < 1.29 is 18.9 Å². The SMILES string of the molecule is Cc1ccc(CB(OC=O)OC2(C)C(=O)C34CCC3N(C)C24)cc1. The lowest BCUT2D eigenvalue weighted by Gasteiger charge is -2.79. The van der Waals surface area contributed by atoms with Crippen LogP contribution in [0.25, 0.3) is 0 Å². The molecule has 4 atom stereocenters. The van der Waals surface area contributed by atoms with Crippen molar-refractivity contribution in [2.45, 2.75) is 50.7 Å². The molecule has 0 bridgehead atoms.